The molecule has 1 aromatic rings. The fraction of sp³-hybridized carbons (Fsp3) is 0.619. The summed E-state index contributed by atoms with van der Waals surface area (Å²) in [7, 11) is 3.01. The molecule has 10 nitrogen and oxygen atoms in total. The molecule has 2 rings (SSSR count). The number of likely N-dealkylation sites (tertiary alicyclic amines) is 1. The maximum atomic E-state index is 13.2. The molecular formula is C21H33N5O5. The second-order valence-corrected chi connectivity index (χ2v) is 8.44. The van der Waals surface area contributed by atoms with Crippen molar-refractivity contribution in [3.05, 3.63) is 24.0 Å². The van der Waals surface area contributed by atoms with Gasteiger partial charge in [0.1, 0.15) is 17.8 Å². The van der Waals surface area contributed by atoms with Crippen molar-refractivity contribution in [1.82, 2.24) is 25.4 Å². The number of hydrogen-bond donors (Lipinski definition) is 3. The Bertz CT molecular complexity index is 819. The number of aryl methyl sites for hydroxylation is 1. The van der Waals surface area contributed by atoms with E-state index in [-0.39, 0.29) is 36.9 Å². The monoisotopic (exact) mass is 435 g/mol. The van der Waals surface area contributed by atoms with Gasteiger partial charge in [0, 0.05) is 25.8 Å². The van der Waals surface area contributed by atoms with Crippen LogP contribution < -0.4 is 16.0 Å². The Morgan fingerprint density at radius 1 is 1.13 bits per heavy atom. The summed E-state index contributed by atoms with van der Waals surface area (Å²) in [6.45, 7) is 7.45. The number of methoxy groups -OCH3 is 1. The van der Waals surface area contributed by atoms with Gasteiger partial charge in [-0.1, -0.05) is 13.8 Å². The molecule has 0 unspecified atom stereocenters. The van der Waals surface area contributed by atoms with E-state index in [9.17, 15) is 19.2 Å². The first-order valence-electron chi connectivity index (χ1n) is 10.4. The molecule has 3 N–H and O–H groups in total. The number of carbonyl (C=O) groups excluding carboxylic acids is 4. The zero-order chi connectivity index (χ0) is 23.3. The molecule has 0 saturated carbocycles. The lowest BCUT2D eigenvalue weighted by atomic mass is 10.0. The first-order valence-corrected chi connectivity index (χ1v) is 10.4. The number of rotatable bonds is 7. The molecule has 1 fully saturated rings. The van der Waals surface area contributed by atoms with Crippen molar-refractivity contribution >= 4 is 23.8 Å². The second kappa shape index (κ2) is 10.3. The minimum atomic E-state index is -0.836. The second-order valence-electron chi connectivity index (χ2n) is 8.44. The number of nitrogens with zero attached hydrogens (tertiary/aromatic N) is 2. The van der Waals surface area contributed by atoms with Crippen molar-refractivity contribution in [2.45, 2.75) is 58.3 Å². The third kappa shape index (κ3) is 5.99. The predicted molar refractivity (Wildman–Crippen MR) is 114 cm³/mol. The molecule has 1 aliphatic heterocycles. The van der Waals surface area contributed by atoms with Gasteiger partial charge in [-0.15, -0.1) is 0 Å². The molecule has 2 heterocycles. The van der Waals surface area contributed by atoms with E-state index in [1.807, 2.05) is 13.8 Å². The largest absolute Gasteiger partial charge is 0.467 e. The molecule has 3 atom stereocenters. The molecule has 4 amide bonds. The zero-order valence-electron chi connectivity index (χ0n) is 19.0. The van der Waals surface area contributed by atoms with Crippen molar-refractivity contribution in [3.63, 3.8) is 0 Å². The zero-order valence-corrected chi connectivity index (χ0v) is 19.0. The number of nitrogens with one attached hydrogen (secondary N) is 3. The van der Waals surface area contributed by atoms with Crippen molar-refractivity contribution in [1.29, 1.82) is 0 Å². The maximum absolute atomic E-state index is 13.2. The minimum Gasteiger partial charge on any atom is -0.467 e. The standard InChI is InChI=1S/C21H33N5O5/c1-12(2)17(20(29)31-6)24-18(27)16-10-14(23-21(30)22-13(3)4)11-26(16)19(28)15-8-7-9-25(15)5/h7-9,12-14,16-17H,10-11H2,1-6H3,(H,24,27)(H2,22,23,30)/t14-,16+,17+/m0/s1. The normalized spacial score (nSPS) is 19.3. The molecule has 1 aliphatic rings. The van der Waals surface area contributed by atoms with Gasteiger partial charge in [-0.05, 0) is 38.3 Å². The van der Waals surface area contributed by atoms with Crippen LogP contribution in [-0.4, -0.2) is 71.1 Å². The van der Waals surface area contributed by atoms with Gasteiger partial charge in [-0.2, -0.15) is 0 Å². The van der Waals surface area contributed by atoms with Crippen molar-refractivity contribution in [2.75, 3.05) is 13.7 Å². The number of amides is 4. The lowest BCUT2D eigenvalue weighted by molar-refractivity contribution is -0.146. The van der Waals surface area contributed by atoms with E-state index in [1.54, 1.807) is 43.8 Å². The van der Waals surface area contributed by atoms with E-state index in [0.717, 1.165) is 0 Å². The number of hydrogen-bond acceptors (Lipinski definition) is 5. The number of esters is 1. The van der Waals surface area contributed by atoms with Gasteiger partial charge in [-0.25, -0.2) is 9.59 Å². The summed E-state index contributed by atoms with van der Waals surface area (Å²) in [6, 6.07) is 0.939. The first kappa shape index (κ1) is 24.2. The Morgan fingerprint density at radius 3 is 2.32 bits per heavy atom. The van der Waals surface area contributed by atoms with E-state index in [4.69, 9.17) is 4.74 Å². The number of carbonyl (C=O) groups is 4. The molecule has 172 valence electrons. The van der Waals surface area contributed by atoms with Crippen LogP contribution in [0.3, 0.4) is 0 Å². The molecule has 0 radical (unpaired) electrons. The van der Waals surface area contributed by atoms with Gasteiger partial charge in [0.25, 0.3) is 5.91 Å². The smallest absolute Gasteiger partial charge is 0.328 e. The van der Waals surface area contributed by atoms with Gasteiger partial charge in [-0.3, -0.25) is 9.59 Å². The lowest BCUT2D eigenvalue weighted by Crippen LogP contribution is -2.52. The van der Waals surface area contributed by atoms with Gasteiger partial charge in [0.15, 0.2) is 0 Å². The van der Waals surface area contributed by atoms with Crippen molar-refractivity contribution in [3.8, 4) is 0 Å². The highest BCUT2D eigenvalue weighted by Crippen LogP contribution is 2.22. The highest BCUT2D eigenvalue weighted by Gasteiger charge is 2.42. The quantitative estimate of drug-likeness (QED) is 0.543. The molecule has 0 aromatic carbocycles. The van der Waals surface area contributed by atoms with Crippen LogP contribution in [0.2, 0.25) is 0 Å². The van der Waals surface area contributed by atoms with Crippen LogP contribution >= 0.6 is 0 Å². The molecular weight excluding hydrogens is 402 g/mol. The van der Waals surface area contributed by atoms with Crippen molar-refractivity contribution < 1.29 is 23.9 Å². The van der Waals surface area contributed by atoms with Crippen LogP contribution in [-0.2, 0) is 21.4 Å². The summed E-state index contributed by atoms with van der Waals surface area (Å²) in [6.07, 6.45) is 1.98. The predicted octanol–water partition coefficient (Wildman–Crippen LogP) is 0.630. The first-order chi connectivity index (χ1) is 14.5. The van der Waals surface area contributed by atoms with Crippen LogP contribution in [0.15, 0.2) is 18.3 Å². The van der Waals surface area contributed by atoms with Crippen LogP contribution in [0, 0.1) is 5.92 Å². The van der Waals surface area contributed by atoms with Crippen LogP contribution in [0.5, 0.6) is 0 Å². The van der Waals surface area contributed by atoms with Gasteiger partial charge in [0.2, 0.25) is 5.91 Å². The minimum absolute atomic E-state index is 0.0477. The highest BCUT2D eigenvalue weighted by molar-refractivity contribution is 5.98. The van der Waals surface area contributed by atoms with E-state index in [1.165, 1.54) is 12.0 Å². The average Bonchev–Trinajstić information content (AvgIpc) is 3.30. The Balaban J connectivity index is 2.23. The molecule has 1 aromatic heterocycles. The molecule has 1 saturated heterocycles. The number of aromatic nitrogens is 1. The fourth-order valence-corrected chi connectivity index (χ4v) is 3.61. The fourth-order valence-electron chi connectivity index (χ4n) is 3.61. The van der Waals surface area contributed by atoms with Gasteiger partial charge < -0.3 is 30.2 Å². The highest BCUT2D eigenvalue weighted by atomic mass is 16.5. The van der Waals surface area contributed by atoms with Crippen LogP contribution in [0.4, 0.5) is 4.79 Å². The summed E-state index contributed by atoms with van der Waals surface area (Å²) in [4.78, 5) is 51.9. The van der Waals surface area contributed by atoms with E-state index in [2.05, 4.69) is 16.0 Å². The van der Waals surface area contributed by atoms with Gasteiger partial charge in [0.05, 0.1) is 13.2 Å². The Kier molecular flexibility index (Phi) is 8.07. The van der Waals surface area contributed by atoms with Crippen LogP contribution in [0.1, 0.15) is 44.6 Å². The van der Waals surface area contributed by atoms with Crippen LogP contribution in [0.25, 0.3) is 0 Å². The summed E-state index contributed by atoms with van der Waals surface area (Å²) in [5.41, 5.74) is 0.429. The third-order valence-electron chi connectivity index (χ3n) is 5.20. The molecule has 10 heteroatoms. The summed E-state index contributed by atoms with van der Waals surface area (Å²) in [5, 5.41) is 8.29. The molecule has 0 spiro atoms. The summed E-state index contributed by atoms with van der Waals surface area (Å²) < 4.78 is 6.47. The third-order valence-corrected chi connectivity index (χ3v) is 5.20. The van der Waals surface area contributed by atoms with Gasteiger partial charge >= 0.3 is 12.0 Å². The van der Waals surface area contributed by atoms with E-state index < -0.39 is 30.0 Å². The van der Waals surface area contributed by atoms with E-state index >= 15 is 0 Å². The SMILES string of the molecule is COC(=O)[C@H](NC(=O)[C@H]1C[C@H](NC(=O)NC(C)C)CN1C(=O)c1cccn1C)C(C)C. The Morgan fingerprint density at radius 2 is 1.81 bits per heavy atom. The summed E-state index contributed by atoms with van der Waals surface area (Å²) in [5.74, 6) is -1.52. The van der Waals surface area contributed by atoms with Crippen molar-refractivity contribution in [2.24, 2.45) is 13.0 Å². The number of ether oxygens (including phenoxy) is 1. The molecule has 31 heavy (non-hydrogen) atoms. The number of urea groups is 1. The average molecular weight is 436 g/mol. The Labute approximate surface area is 182 Å². The summed E-state index contributed by atoms with van der Waals surface area (Å²) >= 11 is 0. The Hall–Kier alpha value is -3.04. The van der Waals surface area contributed by atoms with E-state index in [0.29, 0.717) is 5.69 Å². The topological polar surface area (TPSA) is 122 Å². The lowest BCUT2D eigenvalue weighted by Gasteiger charge is -2.27. The molecule has 0 aliphatic carbocycles. The maximum Gasteiger partial charge on any atom is 0.328 e. The molecule has 0 bridgehead atoms.